The van der Waals surface area contributed by atoms with Crippen molar-refractivity contribution < 1.29 is 23.8 Å². The standard InChI is InChI=1S/C30H28BrCl2NO5S/c1-30(2,3)20-6-8-21(9-7-20)38-11-12-39-27-22(31)13-19(15-25(27)37-4)16-26-28(35)34(29(36)40-26)17-18-5-10-23(32)24(33)14-18/h5-10,13-16H,11-12,17H2,1-4H3/b26-16-. The zero-order chi connectivity index (χ0) is 29.0. The third-order valence-electron chi connectivity index (χ3n) is 6.07. The van der Waals surface area contributed by atoms with Crippen molar-refractivity contribution in [2.75, 3.05) is 20.3 Å². The van der Waals surface area contributed by atoms with Gasteiger partial charge in [-0.25, -0.2) is 0 Å². The molecule has 210 valence electrons. The summed E-state index contributed by atoms with van der Waals surface area (Å²) in [4.78, 5) is 27.1. The number of ether oxygens (including phenoxy) is 3. The van der Waals surface area contributed by atoms with Crippen LogP contribution in [0.15, 0.2) is 64.0 Å². The van der Waals surface area contributed by atoms with Gasteiger partial charge in [0.15, 0.2) is 11.5 Å². The molecule has 0 radical (unpaired) electrons. The van der Waals surface area contributed by atoms with E-state index >= 15 is 0 Å². The lowest BCUT2D eigenvalue weighted by molar-refractivity contribution is -0.123. The Hall–Kier alpha value is -2.65. The molecule has 3 aromatic carbocycles. The molecule has 10 heteroatoms. The Labute approximate surface area is 256 Å². The van der Waals surface area contributed by atoms with E-state index in [0.29, 0.717) is 55.3 Å². The van der Waals surface area contributed by atoms with E-state index in [0.717, 1.165) is 17.5 Å². The number of imide groups is 1. The maximum Gasteiger partial charge on any atom is 0.293 e. The molecule has 1 aliphatic rings. The number of halogens is 3. The van der Waals surface area contributed by atoms with Crippen LogP contribution < -0.4 is 14.2 Å². The maximum atomic E-state index is 13.0. The Morgan fingerprint density at radius 1 is 0.950 bits per heavy atom. The predicted molar refractivity (Wildman–Crippen MR) is 165 cm³/mol. The zero-order valence-corrected chi connectivity index (χ0v) is 26.3. The predicted octanol–water partition coefficient (Wildman–Crippen LogP) is 8.76. The van der Waals surface area contributed by atoms with Crippen molar-refractivity contribution in [3.8, 4) is 17.2 Å². The lowest BCUT2D eigenvalue weighted by Crippen LogP contribution is -2.27. The van der Waals surface area contributed by atoms with Crippen LogP contribution in [0.3, 0.4) is 0 Å². The summed E-state index contributed by atoms with van der Waals surface area (Å²) in [5.74, 6) is 1.37. The molecule has 1 fully saturated rings. The number of methoxy groups -OCH3 is 1. The van der Waals surface area contributed by atoms with Crippen LogP contribution in [0, 0.1) is 0 Å². The van der Waals surface area contributed by atoms with Crippen molar-refractivity contribution in [3.63, 3.8) is 0 Å². The van der Waals surface area contributed by atoms with Crippen LogP contribution in [0.5, 0.6) is 17.2 Å². The minimum absolute atomic E-state index is 0.0808. The van der Waals surface area contributed by atoms with Gasteiger partial charge in [-0.3, -0.25) is 14.5 Å². The average Bonchev–Trinajstić information content (AvgIpc) is 3.16. The minimum Gasteiger partial charge on any atom is -0.493 e. The van der Waals surface area contributed by atoms with Crippen LogP contribution in [0.4, 0.5) is 4.79 Å². The number of hydrogen-bond donors (Lipinski definition) is 0. The van der Waals surface area contributed by atoms with E-state index in [9.17, 15) is 9.59 Å². The van der Waals surface area contributed by atoms with Gasteiger partial charge in [0.2, 0.25) is 0 Å². The number of nitrogens with zero attached hydrogens (tertiary/aromatic N) is 1. The van der Waals surface area contributed by atoms with E-state index in [1.54, 1.807) is 36.4 Å². The first-order valence-corrected chi connectivity index (χ1v) is 14.8. The Morgan fingerprint density at radius 2 is 1.65 bits per heavy atom. The molecule has 3 aromatic rings. The fourth-order valence-electron chi connectivity index (χ4n) is 3.93. The molecule has 0 saturated carbocycles. The second-order valence-corrected chi connectivity index (χ2v) is 12.7. The second kappa shape index (κ2) is 12.9. The molecule has 0 spiro atoms. The number of thioether (sulfide) groups is 1. The van der Waals surface area contributed by atoms with Crippen molar-refractivity contribution in [3.05, 3.63) is 90.7 Å². The summed E-state index contributed by atoms with van der Waals surface area (Å²) >= 11 is 16.5. The SMILES string of the molecule is COc1cc(/C=C2\SC(=O)N(Cc3ccc(Cl)c(Cl)c3)C2=O)cc(Br)c1OCCOc1ccc(C(C)(C)C)cc1. The number of amides is 2. The summed E-state index contributed by atoms with van der Waals surface area (Å²) in [7, 11) is 1.54. The molecule has 0 N–H and O–H groups in total. The molecule has 6 nitrogen and oxygen atoms in total. The van der Waals surface area contributed by atoms with Gasteiger partial charge in [0.25, 0.3) is 11.1 Å². The van der Waals surface area contributed by atoms with Gasteiger partial charge in [-0.05, 0) is 92.3 Å². The monoisotopic (exact) mass is 663 g/mol. The van der Waals surface area contributed by atoms with Crippen molar-refractivity contribution in [1.82, 2.24) is 4.90 Å². The maximum absolute atomic E-state index is 13.0. The highest BCUT2D eigenvalue weighted by Crippen LogP contribution is 2.39. The van der Waals surface area contributed by atoms with Gasteiger partial charge in [-0.2, -0.15) is 0 Å². The fraction of sp³-hybridized carbons (Fsp3) is 0.267. The van der Waals surface area contributed by atoms with Crippen LogP contribution in [0.25, 0.3) is 6.08 Å². The van der Waals surface area contributed by atoms with Gasteiger partial charge in [0.05, 0.1) is 33.1 Å². The normalized spacial score (nSPS) is 14.7. The molecule has 1 aliphatic heterocycles. The van der Waals surface area contributed by atoms with Crippen molar-refractivity contribution in [2.24, 2.45) is 0 Å². The van der Waals surface area contributed by atoms with Crippen molar-refractivity contribution >= 4 is 68.1 Å². The van der Waals surface area contributed by atoms with Gasteiger partial charge in [-0.15, -0.1) is 0 Å². The van der Waals surface area contributed by atoms with Crippen LogP contribution in [0.1, 0.15) is 37.5 Å². The molecule has 40 heavy (non-hydrogen) atoms. The van der Waals surface area contributed by atoms with E-state index in [2.05, 4.69) is 48.8 Å². The van der Waals surface area contributed by atoms with Gasteiger partial charge < -0.3 is 14.2 Å². The number of rotatable bonds is 9. The van der Waals surface area contributed by atoms with Crippen molar-refractivity contribution in [2.45, 2.75) is 32.7 Å². The third kappa shape index (κ3) is 7.35. The van der Waals surface area contributed by atoms with E-state index in [1.165, 1.54) is 17.6 Å². The molecule has 0 unspecified atom stereocenters. The summed E-state index contributed by atoms with van der Waals surface area (Å²) in [6.45, 7) is 7.24. The summed E-state index contributed by atoms with van der Waals surface area (Å²) in [5, 5.41) is 0.411. The van der Waals surface area contributed by atoms with Gasteiger partial charge in [-0.1, -0.05) is 62.2 Å². The average molecular weight is 665 g/mol. The van der Waals surface area contributed by atoms with Gasteiger partial charge >= 0.3 is 0 Å². The largest absolute Gasteiger partial charge is 0.493 e. The van der Waals surface area contributed by atoms with Crippen LogP contribution in [0.2, 0.25) is 10.0 Å². The highest BCUT2D eigenvalue weighted by Gasteiger charge is 2.35. The minimum atomic E-state index is -0.385. The number of carbonyl (C=O) groups excluding carboxylic acids is 2. The third-order valence-corrected chi connectivity index (χ3v) is 8.30. The van der Waals surface area contributed by atoms with Crippen molar-refractivity contribution in [1.29, 1.82) is 0 Å². The summed E-state index contributed by atoms with van der Waals surface area (Å²) in [6, 6.07) is 16.6. The zero-order valence-electron chi connectivity index (χ0n) is 22.4. The summed E-state index contributed by atoms with van der Waals surface area (Å²) in [6.07, 6.45) is 1.65. The number of hydrogen-bond acceptors (Lipinski definition) is 6. The summed E-state index contributed by atoms with van der Waals surface area (Å²) in [5.41, 5.74) is 2.69. The fourth-order valence-corrected chi connectivity index (χ4v) is 5.66. The van der Waals surface area contributed by atoms with E-state index in [4.69, 9.17) is 37.4 Å². The Bertz CT molecular complexity index is 1450. The molecule has 0 aromatic heterocycles. The van der Waals surface area contributed by atoms with Crippen LogP contribution in [-0.4, -0.2) is 36.4 Å². The molecule has 1 saturated heterocycles. The highest BCUT2D eigenvalue weighted by atomic mass is 79.9. The smallest absolute Gasteiger partial charge is 0.293 e. The Balaban J connectivity index is 1.40. The first-order chi connectivity index (χ1) is 19.0. The van der Waals surface area contributed by atoms with Crippen LogP contribution >= 0.6 is 50.9 Å². The molecule has 4 rings (SSSR count). The summed E-state index contributed by atoms with van der Waals surface area (Å²) < 4.78 is 18.0. The van der Waals surface area contributed by atoms with E-state index in [1.807, 2.05) is 12.1 Å². The van der Waals surface area contributed by atoms with Gasteiger partial charge in [0.1, 0.15) is 19.0 Å². The second-order valence-electron chi connectivity index (χ2n) is 10.0. The lowest BCUT2D eigenvalue weighted by atomic mass is 9.87. The molecule has 0 aliphatic carbocycles. The first-order valence-electron chi connectivity index (χ1n) is 12.4. The highest BCUT2D eigenvalue weighted by molar-refractivity contribution is 9.10. The molecule has 2 amide bonds. The molecule has 0 atom stereocenters. The van der Waals surface area contributed by atoms with E-state index in [-0.39, 0.29) is 23.1 Å². The number of benzene rings is 3. The molecule has 1 heterocycles. The molecular formula is C30H28BrCl2NO5S. The number of carbonyl (C=O) groups is 2. The van der Waals surface area contributed by atoms with Gasteiger partial charge in [0, 0.05) is 0 Å². The first kappa shape index (κ1) is 30.3. The van der Waals surface area contributed by atoms with Crippen LogP contribution in [-0.2, 0) is 16.8 Å². The molecule has 0 bridgehead atoms. The van der Waals surface area contributed by atoms with E-state index < -0.39 is 0 Å². The Morgan fingerprint density at radius 3 is 2.30 bits per heavy atom. The lowest BCUT2D eigenvalue weighted by Gasteiger charge is -2.19. The molecular weight excluding hydrogens is 637 g/mol. The quantitative estimate of drug-likeness (QED) is 0.168. The topological polar surface area (TPSA) is 65.1 Å². The Kier molecular flexibility index (Phi) is 9.77.